The predicted molar refractivity (Wildman–Crippen MR) is 70.8 cm³/mol. The molecule has 0 N–H and O–H groups in total. The zero-order valence-electron chi connectivity index (χ0n) is 10.6. The molecule has 108 valence electrons. The summed E-state index contributed by atoms with van der Waals surface area (Å²) in [4.78, 5) is 11.3. The molecule has 0 aromatic carbocycles. The second kappa shape index (κ2) is 6.35. The highest BCUT2D eigenvalue weighted by atomic mass is 127. The minimum Gasteiger partial charge on any atom is -0.429 e. The third kappa shape index (κ3) is 2.87. The molecule has 0 amide bonds. The molecule has 1 heterocycles. The Morgan fingerprint density at radius 2 is 2.05 bits per heavy atom. The number of cyclic esters (lactones) is 1. The molecule has 1 aliphatic carbocycles. The van der Waals surface area contributed by atoms with Gasteiger partial charge in [-0.3, -0.25) is 0 Å². The molecule has 2 aliphatic rings. The maximum absolute atomic E-state index is 11.3. The second-order valence-electron chi connectivity index (χ2n) is 4.08. The summed E-state index contributed by atoms with van der Waals surface area (Å²) in [6.45, 7) is 0.277. The Hall–Kier alpha value is -0.420. The zero-order valence-corrected chi connectivity index (χ0v) is 12.7. The van der Waals surface area contributed by atoms with Crippen LogP contribution in [0.5, 0.6) is 0 Å². The Morgan fingerprint density at radius 1 is 1.37 bits per heavy atom. The predicted octanol–water partition coefficient (Wildman–Crippen LogP) is 1.20. The molecule has 0 aromatic heterocycles. The van der Waals surface area contributed by atoms with Crippen LogP contribution in [0.2, 0.25) is 0 Å². The lowest BCUT2D eigenvalue weighted by atomic mass is 10.0. The lowest BCUT2D eigenvalue weighted by Crippen LogP contribution is -2.49. The van der Waals surface area contributed by atoms with E-state index in [-0.39, 0.29) is 20.2 Å². The topological polar surface area (TPSA) is 72.5 Å². The lowest BCUT2D eigenvalue weighted by Gasteiger charge is -2.30. The highest BCUT2D eigenvalue weighted by Gasteiger charge is 2.58. The Labute approximate surface area is 124 Å². The van der Waals surface area contributed by atoms with Gasteiger partial charge in [-0.1, -0.05) is 0 Å². The lowest BCUT2D eigenvalue weighted by molar-refractivity contribution is -0.176. The van der Waals surface area contributed by atoms with Crippen LogP contribution in [0.25, 0.3) is 0 Å². The summed E-state index contributed by atoms with van der Waals surface area (Å²) in [5.74, 6) is 0. The van der Waals surface area contributed by atoms with E-state index >= 15 is 0 Å². The molecular formula is C11H15IO7. The fourth-order valence-corrected chi connectivity index (χ4v) is 2.99. The van der Waals surface area contributed by atoms with Crippen LogP contribution in [-0.2, 0) is 28.4 Å². The molecule has 3 atom stereocenters. The van der Waals surface area contributed by atoms with E-state index in [0.29, 0.717) is 0 Å². The van der Waals surface area contributed by atoms with Gasteiger partial charge in [-0.15, -0.1) is 0 Å². The second-order valence-corrected chi connectivity index (χ2v) is 5.24. The molecule has 1 fully saturated rings. The largest absolute Gasteiger partial charge is 0.509 e. The van der Waals surface area contributed by atoms with E-state index in [9.17, 15) is 4.79 Å². The monoisotopic (exact) mass is 386 g/mol. The quantitative estimate of drug-likeness (QED) is 0.386. The number of halogens is 1. The van der Waals surface area contributed by atoms with Gasteiger partial charge in [-0.05, 0) is 28.7 Å². The molecular weight excluding hydrogens is 371 g/mol. The van der Waals surface area contributed by atoms with Gasteiger partial charge < -0.3 is 28.4 Å². The summed E-state index contributed by atoms with van der Waals surface area (Å²) in [7, 11) is 3.05. The Morgan fingerprint density at radius 3 is 2.63 bits per heavy atom. The van der Waals surface area contributed by atoms with Gasteiger partial charge in [-0.2, -0.15) is 0 Å². The van der Waals surface area contributed by atoms with Gasteiger partial charge >= 0.3 is 6.16 Å². The highest BCUT2D eigenvalue weighted by molar-refractivity contribution is 14.1. The first-order valence-corrected chi connectivity index (χ1v) is 6.66. The fourth-order valence-electron chi connectivity index (χ4n) is 2.06. The van der Waals surface area contributed by atoms with Crippen molar-refractivity contribution in [1.82, 2.24) is 0 Å². The minimum atomic E-state index is -0.950. The van der Waals surface area contributed by atoms with Gasteiger partial charge in [0.2, 0.25) is 5.60 Å². The molecule has 8 heteroatoms. The van der Waals surface area contributed by atoms with Crippen molar-refractivity contribution in [2.45, 2.75) is 17.8 Å². The van der Waals surface area contributed by atoms with Crippen LogP contribution in [0.4, 0.5) is 4.79 Å². The molecule has 2 rings (SSSR count). The summed E-state index contributed by atoms with van der Waals surface area (Å²) < 4.78 is 31.9. The molecule has 19 heavy (non-hydrogen) atoms. The number of hydrogen-bond acceptors (Lipinski definition) is 7. The Balaban J connectivity index is 2.16. The normalized spacial score (nSPS) is 33.4. The SMILES string of the molecule is COCO[C@H]1C=C(I)[C@@]2(COC(=O)O2)[C@@H]1OCOC. The van der Waals surface area contributed by atoms with Crippen molar-refractivity contribution >= 4 is 28.7 Å². The average Bonchev–Trinajstić information content (AvgIpc) is 2.89. The summed E-state index contributed by atoms with van der Waals surface area (Å²) in [5, 5.41) is 0. The molecule has 0 aromatic rings. The zero-order chi connectivity index (χ0) is 13.9. The van der Waals surface area contributed by atoms with Crippen molar-refractivity contribution in [2.75, 3.05) is 34.4 Å². The van der Waals surface area contributed by atoms with Gasteiger partial charge in [0.05, 0.1) is 0 Å². The number of rotatable bonds is 6. The molecule has 0 bridgehead atoms. The van der Waals surface area contributed by atoms with Gasteiger partial charge in [0, 0.05) is 17.8 Å². The van der Waals surface area contributed by atoms with Crippen LogP contribution in [-0.4, -0.2) is 58.4 Å². The molecule has 0 radical (unpaired) electrons. The van der Waals surface area contributed by atoms with Crippen molar-refractivity contribution in [2.24, 2.45) is 0 Å². The van der Waals surface area contributed by atoms with Crippen LogP contribution >= 0.6 is 22.6 Å². The van der Waals surface area contributed by atoms with Crippen LogP contribution in [0.1, 0.15) is 0 Å². The summed E-state index contributed by atoms with van der Waals surface area (Å²) >= 11 is 2.09. The number of carbonyl (C=O) groups is 1. The third-order valence-corrected chi connectivity index (χ3v) is 4.16. The molecule has 7 nitrogen and oxygen atoms in total. The van der Waals surface area contributed by atoms with E-state index in [2.05, 4.69) is 22.6 Å². The van der Waals surface area contributed by atoms with Gasteiger partial charge in [0.15, 0.2) is 0 Å². The summed E-state index contributed by atoms with van der Waals surface area (Å²) in [6, 6.07) is 0. The van der Waals surface area contributed by atoms with Crippen molar-refractivity contribution in [1.29, 1.82) is 0 Å². The third-order valence-electron chi connectivity index (χ3n) is 2.89. The summed E-state index contributed by atoms with van der Waals surface area (Å²) in [6.07, 6.45) is 0.209. The molecule has 1 aliphatic heterocycles. The first kappa shape index (κ1) is 15.0. The van der Waals surface area contributed by atoms with Crippen molar-refractivity contribution < 1.29 is 33.2 Å². The molecule has 0 saturated carbocycles. The van der Waals surface area contributed by atoms with Gasteiger partial charge in [0.25, 0.3) is 0 Å². The first-order valence-electron chi connectivity index (χ1n) is 5.58. The van der Waals surface area contributed by atoms with Crippen molar-refractivity contribution in [3.05, 3.63) is 9.66 Å². The van der Waals surface area contributed by atoms with E-state index in [1.54, 1.807) is 0 Å². The average molecular weight is 386 g/mol. The van der Waals surface area contributed by atoms with Crippen LogP contribution in [0.3, 0.4) is 0 Å². The van der Waals surface area contributed by atoms with Crippen LogP contribution in [0.15, 0.2) is 9.66 Å². The summed E-state index contributed by atoms with van der Waals surface area (Å²) in [5.41, 5.74) is -0.950. The van der Waals surface area contributed by atoms with E-state index in [1.807, 2.05) is 6.08 Å². The van der Waals surface area contributed by atoms with E-state index in [1.165, 1.54) is 14.2 Å². The van der Waals surface area contributed by atoms with Crippen molar-refractivity contribution in [3.63, 3.8) is 0 Å². The standard InChI is InChI=1S/C11H15IO7/c1-14-5-17-7-3-8(12)11(4-16-10(13)19-11)9(7)18-6-15-2/h3,7,9H,4-6H2,1-2H3/t7-,9+,11-/m0/s1. The maximum Gasteiger partial charge on any atom is 0.509 e. The Bertz CT molecular complexity index is 372. The van der Waals surface area contributed by atoms with Gasteiger partial charge in [0.1, 0.15) is 32.4 Å². The minimum absolute atomic E-state index is 0.0641. The van der Waals surface area contributed by atoms with E-state index in [4.69, 9.17) is 28.4 Å². The van der Waals surface area contributed by atoms with E-state index < -0.39 is 24.0 Å². The maximum atomic E-state index is 11.3. The number of methoxy groups -OCH3 is 2. The smallest absolute Gasteiger partial charge is 0.429 e. The number of hydrogen-bond donors (Lipinski definition) is 0. The van der Waals surface area contributed by atoms with Gasteiger partial charge in [-0.25, -0.2) is 4.79 Å². The molecule has 1 spiro atoms. The Kier molecular flexibility index (Phi) is 5.01. The number of carbonyl (C=O) groups excluding carboxylic acids is 1. The molecule has 1 saturated heterocycles. The highest BCUT2D eigenvalue weighted by Crippen LogP contribution is 2.44. The van der Waals surface area contributed by atoms with Crippen LogP contribution < -0.4 is 0 Å². The van der Waals surface area contributed by atoms with Crippen LogP contribution in [0, 0.1) is 0 Å². The fraction of sp³-hybridized carbons (Fsp3) is 0.727. The molecule has 0 unspecified atom stereocenters. The first-order chi connectivity index (χ1) is 9.14. The number of ether oxygens (including phenoxy) is 6. The van der Waals surface area contributed by atoms with Crippen molar-refractivity contribution in [3.8, 4) is 0 Å². The van der Waals surface area contributed by atoms with E-state index in [0.717, 1.165) is 3.58 Å².